The zero-order valence-corrected chi connectivity index (χ0v) is 13.2. The fourth-order valence-electron chi connectivity index (χ4n) is 0. The molecule has 0 aliphatic carbocycles. The van der Waals surface area contributed by atoms with Crippen LogP contribution in [0.2, 0.25) is 0 Å². The Kier molecular flexibility index (Phi) is 37.1. The lowest BCUT2D eigenvalue weighted by molar-refractivity contribution is -0.132. The molecule has 0 fully saturated rings. The summed E-state index contributed by atoms with van der Waals surface area (Å²) in [6, 6.07) is 0. The smallest absolute Gasteiger partial charge is 0.327 e. The summed E-state index contributed by atoms with van der Waals surface area (Å²) in [6.07, 6.45) is 4.17. The molecule has 140 valence electrons. The van der Waals surface area contributed by atoms with E-state index in [2.05, 4.69) is 32.9 Å². The van der Waals surface area contributed by atoms with Gasteiger partial charge < -0.3 is 25.5 Å². The molecule has 25 heavy (non-hydrogen) atoms. The minimum atomic E-state index is -0.981. The van der Waals surface area contributed by atoms with Crippen LogP contribution in [0.1, 0.15) is 0 Å². The van der Waals surface area contributed by atoms with Crippen molar-refractivity contribution in [2.45, 2.75) is 0 Å². The van der Waals surface area contributed by atoms with Crippen molar-refractivity contribution in [2.75, 3.05) is 0 Å². The first-order valence-electron chi connectivity index (χ1n) is 5.62. The van der Waals surface area contributed by atoms with Crippen LogP contribution < -0.4 is 0 Å². The average molecular weight is 360 g/mol. The minimum Gasteiger partial charge on any atom is -0.478 e. The molecule has 0 saturated carbocycles. The Morgan fingerprint density at radius 3 is 0.440 bits per heavy atom. The second-order valence-corrected chi connectivity index (χ2v) is 2.71. The van der Waals surface area contributed by atoms with Crippen molar-refractivity contribution in [3.63, 3.8) is 0 Å². The van der Waals surface area contributed by atoms with Crippen LogP contribution in [-0.2, 0) is 24.0 Å². The summed E-state index contributed by atoms with van der Waals surface area (Å²) >= 11 is 0. The van der Waals surface area contributed by atoms with Crippen molar-refractivity contribution < 1.29 is 49.5 Å². The van der Waals surface area contributed by atoms with E-state index in [4.69, 9.17) is 25.5 Å². The third-order valence-electron chi connectivity index (χ3n) is 0.873. The molecule has 0 amide bonds. The molecule has 0 aromatic carbocycles. The quantitative estimate of drug-likeness (QED) is 0.447. The SMILES string of the molecule is C=CC(=O)O.C=CC(=O)O.C=CC(=O)O.C=CC(=O)O.C=CC(=O)O. The van der Waals surface area contributed by atoms with E-state index in [0.717, 1.165) is 30.4 Å². The molecule has 0 aromatic heterocycles. The summed E-state index contributed by atoms with van der Waals surface area (Å²) in [7, 11) is 0. The highest BCUT2D eigenvalue weighted by atomic mass is 16.4. The largest absolute Gasteiger partial charge is 0.478 e. The first kappa shape index (κ1) is 32.8. The van der Waals surface area contributed by atoms with Crippen molar-refractivity contribution in [2.24, 2.45) is 0 Å². The van der Waals surface area contributed by atoms with Crippen molar-refractivity contribution in [3.05, 3.63) is 63.3 Å². The van der Waals surface area contributed by atoms with Crippen molar-refractivity contribution in [1.82, 2.24) is 0 Å². The van der Waals surface area contributed by atoms with Crippen molar-refractivity contribution >= 4 is 29.8 Å². The van der Waals surface area contributed by atoms with Crippen molar-refractivity contribution in [1.29, 1.82) is 0 Å². The minimum absolute atomic E-state index is 0.833. The summed E-state index contributed by atoms with van der Waals surface area (Å²) in [5.74, 6) is -4.91. The van der Waals surface area contributed by atoms with Crippen LogP contribution >= 0.6 is 0 Å². The van der Waals surface area contributed by atoms with E-state index in [1.54, 1.807) is 0 Å². The molecule has 0 atom stereocenters. The number of aliphatic carboxylic acids is 5. The van der Waals surface area contributed by atoms with E-state index in [9.17, 15) is 24.0 Å². The van der Waals surface area contributed by atoms with Gasteiger partial charge in [-0.15, -0.1) is 0 Å². The van der Waals surface area contributed by atoms with Gasteiger partial charge in [0.15, 0.2) is 0 Å². The zero-order valence-electron chi connectivity index (χ0n) is 13.2. The molecule has 0 bridgehead atoms. The van der Waals surface area contributed by atoms with E-state index >= 15 is 0 Å². The topological polar surface area (TPSA) is 186 Å². The maximum absolute atomic E-state index is 9.25. The van der Waals surface area contributed by atoms with Crippen LogP contribution in [0.5, 0.6) is 0 Å². The Hall–Kier alpha value is -3.95. The normalized spacial score (nSPS) is 6.40. The van der Waals surface area contributed by atoms with E-state index in [1.807, 2.05) is 0 Å². The van der Waals surface area contributed by atoms with Gasteiger partial charge >= 0.3 is 29.8 Å². The van der Waals surface area contributed by atoms with E-state index in [0.29, 0.717) is 0 Å². The third kappa shape index (κ3) is 178. The Morgan fingerprint density at radius 2 is 0.440 bits per heavy atom. The first-order valence-corrected chi connectivity index (χ1v) is 5.62. The number of carbonyl (C=O) groups is 5. The summed E-state index contributed by atoms with van der Waals surface area (Å²) in [4.78, 5) is 46.2. The standard InChI is InChI=1S/5C3H4O2/c5*1-2-3(4)5/h5*2H,1H2,(H,4,5). The molecule has 10 nitrogen and oxygen atoms in total. The summed E-state index contributed by atoms with van der Waals surface area (Å²) in [6.45, 7) is 14.8. The predicted octanol–water partition coefficient (Wildman–Crippen LogP) is 1.28. The Morgan fingerprint density at radius 1 is 0.400 bits per heavy atom. The van der Waals surface area contributed by atoms with Crippen LogP contribution in [0.3, 0.4) is 0 Å². The van der Waals surface area contributed by atoms with Gasteiger partial charge in [0.1, 0.15) is 0 Å². The van der Waals surface area contributed by atoms with Crippen LogP contribution in [0.15, 0.2) is 63.3 Å². The average Bonchev–Trinajstić information content (AvgIpc) is 2.56. The molecule has 10 heteroatoms. The Bertz CT molecular complexity index is 384. The maximum atomic E-state index is 9.25. The lowest BCUT2D eigenvalue weighted by atomic mass is 10.7. The highest BCUT2D eigenvalue weighted by Gasteiger charge is 1.75. The van der Waals surface area contributed by atoms with Gasteiger partial charge in [-0.1, -0.05) is 32.9 Å². The van der Waals surface area contributed by atoms with Gasteiger partial charge in [0.2, 0.25) is 0 Å². The van der Waals surface area contributed by atoms with E-state index < -0.39 is 29.8 Å². The van der Waals surface area contributed by atoms with Crippen LogP contribution in [0, 0.1) is 0 Å². The van der Waals surface area contributed by atoms with Gasteiger partial charge in [0.25, 0.3) is 0 Å². The molecular weight excluding hydrogens is 340 g/mol. The van der Waals surface area contributed by atoms with E-state index in [-0.39, 0.29) is 0 Å². The van der Waals surface area contributed by atoms with Crippen LogP contribution in [0.4, 0.5) is 0 Å². The summed E-state index contributed by atoms with van der Waals surface area (Å²) in [5.41, 5.74) is 0. The van der Waals surface area contributed by atoms with E-state index in [1.165, 1.54) is 0 Å². The van der Waals surface area contributed by atoms with Crippen LogP contribution in [0.25, 0.3) is 0 Å². The second-order valence-electron chi connectivity index (χ2n) is 2.71. The third-order valence-corrected chi connectivity index (χ3v) is 0.873. The van der Waals surface area contributed by atoms with Gasteiger partial charge in [-0.3, -0.25) is 0 Å². The monoisotopic (exact) mass is 360 g/mol. The van der Waals surface area contributed by atoms with Gasteiger partial charge in [0, 0.05) is 30.4 Å². The summed E-state index contributed by atoms with van der Waals surface area (Å²) < 4.78 is 0. The molecule has 0 aliphatic heterocycles. The molecule has 5 N–H and O–H groups in total. The van der Waals surface area contributed by atoms with Gasteiger partial charge in [-0.2, -0.15) is 0 Å². The lowest BCUT2D eigenvalue weighted by Gasteiger charge is -1.64. The Labute approximate surface area is 143 Å². The molecule has 0 aromatic rings. The lowest BCUT2D eigenvalue weighted by Crippen LogP contribution is -1.82. The molecular formula is C15H20O10. The number of carboxylic acids is 5. The first-order chi connectivity index (χ1) is 11.4. The molecule has 0 spiro atoms. The number of rotatable bonds is 5. The highest BCUT2D eigenvalue weighted by Crippen LogP contribution is 1.56. The van der Waals surface area contributed by atoms with Gasteiger partial charge in [-0.05, 0) is 0 Å². The maximum Gasteiger partial charge on any atom is 0.327 e. The van der Waals surface area contributed by atoms with Crippen molar-refractivity contribution in [3.8, 4) is 0 Å². The number of carboxylic acid groups (broad SMARTS) is 5. The molecule has 0 unspecified atom stereocenters. The number of hydrogen-bond acceptors (Lipinski definition) is 5. The number of hydrogen-bond donors (Lipinski definition) is 5. The fraction of sp³-hybridized carbons (Fsp3) is 0. The Balaban J connectivity index is -0.0000000667. The molecule has 0 aliphatic rings. The zero-order chi connectivity index (χ0) is 21.4. The predicted molar refractivity (Wildman–Crippen MR) is 89.2 cm³/mol. The second kappa shape index (κ2) is 28.2. The van der Waals surface area contributed by atoms with Gasteiger partial charge in [-0.25, -0.2) is 24.0 Å². The summed E-state index contributed by atoms with van der Waals surface area (Å²) in [5, 5.41) is 38.0. The van der Waals surface area contributed by atoms with Crippen LogP contribution in [-0.4, -0.2) is 55.4 Å². The molecule has 0 rings (SSSR count). The fourth-order valence-corrected chi connectivity index (χ4v) is 0. The molecule has 0 saturated heterocycles. The highest BCUT2D eigenvalue weighted by molar-refractivity contribution is 5.80. The molecule has 0 radical (unpaired) electrons. The molecule has 0 heterocycles. The van der Waals surface area contributed by atoms with Gasteiger partial charge in [0.05, 0.1) is 0 Å².